The van der Waals surface area contributed by atoms with E-state index in [9.17, 15) is 4.79 Å². The van der Waals surface area contributed by atoms with Crippen LogP contribution in [0.25, 0.3) is 28.0 Å². The molecule has 1 N–H and O–H groups in total. The average Bonchev–Trinajstić information content (AvgIpc) is 3.28. The molecule has 35 heavy (non-hydrogen) atoms. The van der Waals surface area contributed by atoms with Gasteiger partial charge >= 0.3 is 0 Å². The maximum absolute atomic E-state index is 12.6. The van der Waals surface area contributed by atoms with E-state index in [1.165, 1.54) is 0 Å². The van der Waals surface area contributed by atoms with Gasteiger partial charge in [0, 0.05) is 30.4 Å². The van der Waals surface area contributed by atoms with Gasteiger partial charge in [0.15, 0.2) is 0 Å². The van der Waals surface area contributed by atoms with Crippen LogP contribution < -0.4 is 5.32 Å². The van der Waals surface area contributed by atoms with E-state index in [1.54, 1.807) is 18.6 Å². The van der Waals surface area contributed by atoms with Crippen molar-refractivity contribution in [3.05, 3.63) is 103 Å². The van der Waals surface area contributed by atoms with Crippen LogP contribution in [-0.2, 0) is 16.6 Å². The summed E-state index contributed by atoms with van der Waals surface area (Å²) in [5, 5.41) is 2.92. The molecule has 6 heteroatoms. The molecule has 0 aliphatic heterocycles. The highest BCUT2D eigenvalue weighted by Crippen LogP contribution is 2.26. The van der Waals surface area contributed by atoms with Crippen molar-refractivity contribution in [3.63, 3.8) is 0 Å². The Hall–Kier alpha value is -4.32. The molecule has 0 fully saturated rings. The summed E-state index contributed by atoms with van der Waals surface area (Å²) >= 11 is 0. The molecule has 0 aliphatic carbocycles. The number of carbonyl (C=O) groups excluding carboxylic acids is 1. The van der Waals surface area contributed by atoms with Crippen LogP contribution in [0.3, 0.4) is 0 Å². The lowest BCUT2D eigenvalue weighted by Crippen LogP contribution is -2.17. The van der Waals surface area contributed by atoms with E-state index in [4.69, 9.17) is 0 Å². The van der Waals surface area contributed by atoms with Gasteiger partial charge in [0.05, 0.1) is 18.3 Å². The number of hydrogen-bond acceptors (Lipinski definition) is 4. The van der Waals surface area contributed by atoms with Crippen LogP contribution in [0.4, 0.5) is 5.82 Å². The van der Waals surface area contributed by atoms with Gasteiger partial charge < -0.3 is 5.32 Å². The number of fused-ring (bicyclic) bond motifs is 1. The van der Waals surface area contributed by atoms with Crippen LogP contribution in [0.2, 0.25) is 0 Å². The van der Waals surface area contributed by atoms with Crippen LogP contribution in [0, 0.1) is 0 Å². The zero-order chi connectivity index (χ0) is 24.4. The van der Waals surface area contributed by atoms with Crippen molar-refractivity contribution < 1.29 is 4.79 Å². The molecule has 174 valence electrons. The Morgan fingerprint density at radius 1 is 0.857 bits per heavy atom. The molecule has 4 heterocycles. The Labute approximate surface area is 204 Å². The minimum Gasteiger partial charge on any atom is -0.310 e. The van der Waals surface area contributed by atoms with Gasteiger partial charge in [-0.1, -0.05) is 45.0 Å². The van der Waals surface area contributed by atoms with Crippen LogP contribution in [0.1, 0.15) is 31.9 Å². The number of imidazole rings is 1. The molecule has 0 spiro atoms. The number of hydrogen-bond donors (Lipinski definition) is 1. The van der Waals surface area contributed by atoms with E-state index in [0.29, 0.717) is 5.82 Å². The van der Waals surface area contributed by atoms with Crippen LogP contribution >= 0.6 is 0 Å². The predicted molar refractivity (Wildman–Crippen MR) is 139 cm³/mol. The van der Waals surface area contributed by atoms with Crippen molar-refractivity contribution in [3.8, 4) is 22.4 Å². The van der Waals surface area contributed by atoms with Gasteiger partial charge in [0.2, 0.25) is 5.91 Å². The maximum atomic E-state index is 12.6. The molecule has 0 unspecified atom stereocenters. The molecule has 0 aliphatic rings. The lowest BCUT2D eigenvalue weighted by atomic mass is 9.88. The SMILES string of the molecule is CC(C)(C)c1ccnc(NC(=O)Cc2ccc(-c3cnc4cc(-c5ccncc5)ccn34)cc2)c1. The van der Waals surface area contributed by atoms with Gasteiger partial charge in [-0.3, -0.25) is 14.2 Å². The summed E-state index contributed by atoms with van der Waals surface area (Å²) in [5.74, 6) is 0.491. The first-order valence-corrected chi connectivity index (χ1v) is 11.6. The molecule has 0 atom stereocenters. The smallest absolute Gasteiger partial charge is 0.229 e. The van der Waals surface area contributed by atoms with Crippen LogP contribution in [-0.4, -0.2) is 25.3 Å². The predicted octanol–water partition coefficient (Wildman–Crippen LogP) is 5.94. The van der Waals surface area contributed by atoms with Gasteiger partial charge in [-0.15, -0.1) is 0 Å². The van der Waals surface area contributed by atoms with Crippen molar-refractivity contribution >= 4 is 17.4 Å². The summed E-state index contributed by atoms with van der Waals surface area (Å²) in [7, 11) is 0. The molecular weight excluding hydrogens is 434 g/mol. The number of pyridine rings is 3. The van der Waals surface area contributed by atoms with Gasteiger partial charge in [0.25, 0.3) is 0 Å². The van der Waals surface area contributed by atoms with Crippen LogP contribution in [0.5, 0.6) is 0 Å². The third-order valence-electron chi connectivity index (χ3n) is 6.03. The molecule has 5 aromatic rings. The van der Waals surface area contributed by atoms with Gasteiger partial charge in [-0.2, -0.15) is 0 Å². The van der Waals surface area contributed by atoms with Gasteiger partial charge in [-0.25, -0.2) is 9.97 Å². The fraction of sp³-hybridized carbons (Fsp3) is 0.172. The quantitative estimate of drug-likeness (QED) is 0.352. The average molecular weight is 462 g/mol. The summed E-state index contributed by atoms with van der Waals surface area (Å²) in [4.78, 5) is 25.6. The number of carbonyl (C=O) groups is 1. The van der Waals surface area contributed by atoms with E-state index >= 15 is 0 Å². The summed E-state index contributed by atoms with van der Waals surface area (Å²) < 4.78 is 2.07. The standard InChI is InChI=1S/C29H27N5O/c1-29(2,3)24-10-14-31-26(18-24)33-28(35)16-20-4-6-22(7-5-20)25-19-32-27-17-23(11-15-34(25)27)21-8-12-30-13-9-21/h4-15,17-19H,16H2,1-3H3,(H,31,33,35). The number of nitrogens with one attached hydrogen (secondary N) is 1. The highest BCUT2D eigenvalue weighted by atomic mass is 16.1. The first-order valence-electron chi connectivity index (χ1n) is 11.6. The molecule has 4 aromatic heterocycles. The normalized spacial score (nSPS) is 11.5. The molecular formula is C29H27N5O. The van der Waals surface area contributed by atoms with Crippen molar-refractivity contribution in [2.24, 2.45) is 0 Å². The first-order chi connectivity index (χ1) is 16.9. The lowest BCUT2D eigenvalue weighted by molar-refractivity contribution is -0.115. The fourth-order valence-electron chi connectivity index (χ4n) is 4.05. The van der Waals surface area contributed by atoms with Crippen molar-refractivity contribution in [2.75, 3.05) is 5.32 Å². The fourth-order valence-corrected chi connectivity index (χ4v) is 4.05. The Morgan fingerprint density at radius 2 is 1.63 bits per heavy atom. The maximum Gasteiger partial charge on any atom is 0.229 e. The van der Waals surface area contributed by atoms with Gasteiger partial charge in [-0.05, 0) is 64.1 Å². The van der Waals surface area contributed by atoms with Gasteiger partial charge in [0.1, 0.15) is 11.5 Å². The largest absolute Gasteiger partial charge is 0.310 e. The van der Waals surface area contributed by atoms with E-state index in [1.807, 2.05) is 60.9 Å². The third kappa shape index (κ3) is 4.96. The molecule has 1 aromatic carbocycles. The Kier molecular flexibility index (Phi) is 5.87. The van der Waals surface area contributed by atoms with E-state index in [2.05, 4.69) is 57.6 Å². The number of benzene rings is 1. The monoisotopic (exact) mass is 461 g/mol. The van der Waals surface area contributed by atoms with Crippen molar-refractivity contribution in [2.45, 2.75) is 32.6 Å². The Morgan fingerprint density at radius 3 is 2.37 bits per heavy atom. The minimum atomic E-state index is -0.0882. The molecule has 5 rings (SSSR count). The second-order valence-corrected chi connectivity index (χ2v) is 9.62. The Bertz CT molecular complexity index is 1480. The highest BCUT2D eigenvalue weighted by molar-refractivity contribution is 5.91. The number of nitrogens with zero attached hydrogens (tertiary/aromatic N) is 4. The zero-order valence-electron chi connectivity index (χ0n) is 20.1. The summed E-state index contributed by atoms with van der Waals surface area (Å²) in [6, 6.07) is 20.1. The number of anilines is 1. The molecule has 1 amide bonds. The second kappa shape index (κ2) is 9.14. The van der Waals surface area contributed by atoms with E-state index < -0.39 is 0 Å². The molecule has 0 saturated carbocycles. The third-order valence-corrected chi connectivity index (χ3v) is 6.03. The number of rotatable bonds is 5. The zero-order valence-corrected chi connectivity index (χ0v) is 20.1. The summed E-state index contributed by atoms with van der Waals surface area (Å²) in [6.45, 7) is 6.41. The van der Waals surface area contributed by atoms with E-state index in [-0.39, 0.29) is 17.7 Å². The molecule has 0 bridgehead atoms. The van der Waals surface area contributed by atoms with Crippen molar-refractivity contribution in [1.29, 1.82) is 0 Å². The summed E-state index contributed by atoms with van der Waals surface area (Å²) in [6.07, 6.45) is 9.51. The molecule has 6 nitrogen and oxygen atoms in total. The van der Waals surface area contributed by atoms with E-state index in [0.717, 1.165) is 39.2 Å². The first kappa shape index (κ1) is 22.5. The van der Waals surface area contributed by atoms with Crippen molar-refractivity contribution in [1.82, 2.24) is 19.4 Å². The van der Waals surface area contributed by atoms with Crippen LogP contribution in [0.15, 0.2) is 91.6 Å². The number of amides is 1. The number of aromatic nitrogens is 4. The molecule has 0 radical (unpaired) electrons. The highest BCUT2D eigenvalue weighted by Gasteiger charge is 2.15. The Balaban J connectivity index is 1.30. The topological polar surface area (TPSA) is 72.2 Å². The second-order valence-electron chi connectivity index (χ2n) is 9.62. The summed E-state index contributed by atoms with van der Waals surface area (Å²) in [5.41, 5.74) is 7.19. The lowest BCUT2D eigenvalue weighted by Gasteiger charge is -2.19. The molecule has 0 saturated heterocycles. The minimum absolute atomic E-state index is 0.00329.